The average Bonchev–Trinajstić information content (AvgIpc) is 3.23. The van der Waals surface area contributed by atoms with Gasteiger partial charge in [-0.1, -0.05) is 12.1 Å². The summed E-state index contributed by atoms with van der Waals surface area (Å²) < 4.78 is 0. The highest BCUT2D eigenvalue weighted by Crippen LogP contribution is 2.32. The van der Waals surface area contributed by atoms with E-state index in [1.807, 2.05) is 6.92 Å². The molecule has 5 heteroatoms. The van der Waals surface area contributed by atoms with Gasteiger partial charge in [-0.05, 0) is 87.9 Å². The largest absolute Gasteiger partial charge is 0.369 e. The van der Waals surface area contributed by atoms with Gasteiger partial charge in [-0.25, -0.2) is 4.79 Å². The lowest BCUT2D eigenvalue weighted by atomic mass is 9.84. The van der Waals surface area contributed by atoms with Crippen LogP contribution in [0.4, 0.5) is 10.5 Å². The van der Waals surface area contributed by atoms with Crippen molar-refractivity contribution in [1.29, 1.82) is 0 Å². The first-order chi connectivity index (χ1) is 14.2. The number of hydrogen-bond acceptors (Lipinski definition) is 3. The van der Waals surface area contributed by atoms with Crippen molar-refractivity contribution in [3.63, 3.8) is 0 Å². The van der Waals surface area contributed by atoms with Crippen molar-refractivity contribution in [2.75, 3.05) is 44.2 Å². The van der Waals surface area contributed by atoms with E-state index in [0.717, 1.165) is 18.8 Å². The lowest BCUT2D eigenvalue weighted by molar-refractivity contribution is 0.205. The molecule has 2 fully saturated rings. The van der Waals surface area contributed by atoms with Crippen LogP contribution in [-0.4, -0.2) is 56.2 Å². The maximum absolute atomic E-state index is 11.7. The van der Waals surface area contributed by atoms with E-state index in [1.165, 1.54) is 76.9 Å². The summed E-state index contributed by atoms with van der Waals surface area (Å²) in [6.45, 7) is 8.61. The molecule has 0 atom stereocenters. The highest BCUT2D eigenvalue weighted by atomic mass is 16.2. The summed E-state index contributed by atoms with van der Waals surface area (Å²) in [4.78, 5) is 17.0. The molecule has 1 aromatic rings. The Kier molecular flexibility index (Phi) is 6.96. The van der Waals surface area contributed by atoms with Crippen LogP contribution in [0.1, 0.15) is 56.6 Å². The van der Waals surface area contributed by atoms with Gasteiger partial charge in [0.25, 0.3) is 0 Å². The topological polar surface area (TPSA) is 47.6 Å². The minimum atomic E-state index is -0.00196. The second-order valence-electron chi connectivity index (χ2n) is 9.11. The van der Waals surface area contributed by atoms with Gasteiger partial charge in [0, 0.05) is 44.5 Å². The number of piperazine rings is 1. The second kappa shape index (κ2) is 9.84. The number of amides is 2. The highest BCUT2D eigenvalue weighted by Gasteiger charge is 2.25. The average molecular weight is 399 g/mol. The van der Waals surface area contributed by atoms with Crippen LogP contribution in [0, 0.1) is 5.92 Å². The first kappa shape index (κ1) is 20.5. The first-order valence-corrected chi connectivity index (χ1v) is 11.9. The van der Waals surface area contributed by atoms with E-state index in [4.69, 9.17) is 0 Å². The fraction of sp³-hybridized carbons (Fsp3) is 0.708. The van der Waals surface area contributed by atoms with Crippen LogP contribution in [0.3, 0.4) is 0 Å². The molecule has 1 saturated carbocycles. The Bertz CT molecular complexity index is 675. The molecule has 0 radical (unpaired) electrons. The van der Waals surface area contributed by atoms with Crippen LogP contribution in [0.2, 0.25) is 0 Å². The Labute approximate surface area is 176 Å². The number of rotatable bonds is 6. The van der Waals surface area contributed by atoms with Crippen molar-refractivity contribution in [2.24, 2.45) is 5.92 Å². The fourth-order valence-electron chi connectivity index (χ4n) is 5.47. The Hall–Kier alpha value is -1.75. The summed E-state index contributed by atoms with van der Waals surface area (Å²) in [7, 11) is 0. The van der Waals surface area contributed by atoms with Crippen LogP contribution >= 0.6 is 0 Å². The SMILES string of the molecule is CCNC(=O)NC1CCC(CCN2CCN(c3cccc4c3CCC4)CC2)CC1. The molecule has 0 aromatic heterocycles. The molecule has 5 nitrogen and oxygen atoms in total. The molecule has 2 aliphatic carbocycles. The third-order valence-corrected chi connectivity index (χ3v) is 7.21. The molecule has 0 spiro atoms. The van der Waals surface area contributed by atoms with E-state index in [-0.39, 0.29) is 6.03 Å². The standard InChI is InChI=1S/C24H38N4O/c1-2-25-24(29)26-21-11-9-19(10-12-21)13-14-27-15-17-28(18-16-27)23-8-4-6-20-5-3-7-22(20)23/h4,6,8,19,21H,2-3,5,7,9-18H2,1H3,(H2,25,26,29). The molecule has 1 heterocycles. The molecule has 2 N–H and O–H groups in total. The molecular formula is C24H38N4O. The van der Waals surface area contributed by atoms with Gasteiger partial charge in [0.2, 0.25) is 0 Å². The third-order valence-electron chi connectivity index (χ3n) is 7.21. The maximum atomic E-state index is 11.7. The van der Waals surface area contributed by atoms with Crippen LogP contribution in [0.15, 0.2) is 18.2 Å². The smallest absolute Gasteiger partial charge is 0.314 e. The first-order valence-electron chi connectivity index (χ1n) is 11.9. The summed E-state index contributed by atoms with van der Waals surface area (Å²) in [6.07, 6.45) is 9.96. The lowest BCUT2D eigenvalue weighted by Crippen LogP contribution is -2.47. The van der Waals surface area contributed by atoms with Crippen LogP contribution in [-0.2, 0) is 12.8 Å². The van der Waals surface area contributed by atoms with Gasteiger partial charge >= 0.3 is 6.03 Å². The normalized spacial score (nSPS) is 24.9. The predicted molar refractivity (Wildman–Crippen MR) is 120 cm³/mol. The van der Waals surface area contributed by atoms with Gasteiger partial charge in [0.05, 0.1) is 0 Å². The number of hydrogen-bond donors (Lipinski definition) is 2. The number of anilines is 1. The monoisotopic (exact) mass is 398 g/mol. The molecule has 1 aliphatic heterocycles. The zero-order chi connectivity index (χ0) is 20.1. The summed E-state index contributed by atoms with van der Waals surface area (Å²) in [6, 6.07) is 7.28. The minimum Gasteiger partial charge on any atom is -0.369 e. The summed E-state index contributed by atoms with van der Waals surface area (Å²) in [5, 5.41) is 5.96. The number of nitrogens with one attached hydrogen (secondary N) is 2. The quantitative estimate of drug-likeness (QED) is 0.770. The number of urea groups is 1. The van der Waals surface area contributed by atoms with Gasteiger partial charge < -0.3 is 15.5 Å². The molecule has 3 aliphatic rings. The van der Waals surface area contributed by atoms with E-state index in [9.17, 15) is 4.79 Å². The molecular weight excluding hydrogens is 360 g/mol. The molecule has 0 bridgehead atoms. The molecule has 160 valence electrons. The van der Waals surface area contributed by atoms with Crippen molar-refractivity contribution < 1.29 is 4.79 Å². The predicted octanol–water partition coefficient (Wildman–Crippen LogP) is 3.57. The Morgan fingerprint density at radius 3 is 2.62 bits per heavy atom. The van der Waals surface area contributed by atoms with E-state index in [1.54, 1.807) is 11.1 Å². The lowest BCUT2D eigenvalue weighted by Gasteiger charge is -2.38. The summed E-state index contributed by atoms with van der Waals surface area (Å²) in [5.41, 5.74) is 4.72. The molecule has 2 amide bonds. The Morgan fingerprint density at radius 1 is 1.07 bits per heavy atom. The molecule has 0 unspecified atom stereocenters. The van der Waals surface area contributed by atoms with Crippen molar-refractivity contribution in [3.8, 4) is 0 Å². The number of aryl methyl sites for hydroxylation is 1. The van der Waals surface area contributed by atoms with E-state index in [0.29, 0.717) is 12.6 Å². The van der Waals surface area contributed by atoms with Gasteiger partial charge in [0.15, 0.2) is 0 Å². The molecule has 1 aromatic carbocycles. The number of nitrogens with zero attached hydrogens (tertiary/aromatic N) is 2. The fourth-order valence-corrected chi connectivity index (χ4v) is 5.47. The molecule has 29 heavy (non-hydrogen) atoms. The highest BCUT2D eigenvalue weighted by molar-refractivity contribution is 5.74. The van der Waals surface area contributed by atoms with Gasteiger partial charge in [-0.3, -0.25) is 4.90 Å². The third kappa shape index (κ3) is 5.25. The van der Waals surface area contributed by atoms with E-state index in [2.05, 4.69) is 38.6 Å². The number of fused-ring (bicyclic) bond motifs is 1. The summed E-state index contributed by atoms with van der Waals surface area (Å²) >= 11 is 0. The van der Waals surface area contributed by atoms with E-state index < -0.39 is 0 Å². The van der Waals surface area contributed by atoms with Gasteiger partial charge in [-0.2, -0.15) is 0 Å². The number of carbonyl (C=O) groups is 1. The van der Waals surface area contributed by atoms with Gasteiger partial charge in [0.1, 0.15) is 0 Å². The van der Waals surface area contributed by atoms with Crippen LogP contribution in [0.5, 0.6) is 0 Å². The molecule has 1 saturated heterocycles. The second-order valence-corrected chi connectivity index (χ2v) is 9.11. The van der Waals surface area contributed by atoms with Crippen molar-refractivity contribution in [2.45, 2.75) is 64.3 Å². The maximum Gasteiger partial charge on any atom is 0.314 e. The van der Waals surface area contributed by atoms with Crippen molar-refractivity contribution >= 4 is 11.7 Å². The van der Waals surface area contributed by atoms with Gasteiger partial charge in [-0.15, -0.1) is 0 Å². The van der Waals surface area contributed by atoms with E-state index >= 15 is 0 Å². The molecule has 4 rings (SSSR count). The number of benzene rings is 1. The summed E-state index contributed by atoms with van der Waals surface area (Å²) in [5.74, 6) is 0.831. The zero-order valence-electron chi connectivity index (χ0n) is 18.1. The van der Waals surface area contributed by atoms with Crippen LogP contribution < -0.4 is 15.5 Å². The van der Waals surface area contributed by atoms with Crippen LogP contribution in [0.25, 0.3) is 0 Å². The van der Waals surface area contributed by atoms with Crippen molar-refractivity contribution in [3.05, 3.63) is 29.3 Å². The zero-order valence-corrected chi connectivity index (χ0v) is 18.1. The number of carbonyl (C=O) groups excluding carboxylic acids is 1. The Balaban J connectivity index is 1.16. The Morgan fingerprint density at radius 2 is 1.86 bits per heavy atom. The minimum absolute atomic E-state index is 0.00196. The van der Waals surface area contributed by atoms with Crippen molar-refractivity contribution in [1.82, 2.24) is 15.5 Å².